The van der Waals surface area contributed by atoms with Crippen LogP contribution in [0.3, 0.4) is 0 Å². The number of nitro benzene ring substituents is 1. The number of benzene rings is 1. The fraction of sp³-hybridized carbons (Fsp3) is 0.500. The Morgan fingerprint density at radius 2 is 2.00 bits per heavy atom. The molecule has 6 heteroatoms. The molecule has 0 amide bonds. The first-order valence-electron chi connectivity index (χ1n) is 5.85. The summed E-state index contributed by atoms with van der Waals surface area (Å²) in [7, 11) is -0.893. The number of aryl methyl sites for hydroxylation is 1. The lowest BCUT2D eigenvalue weighted by Gasteiger charge is -2.09. The molecule has 2 unspecified atom stereocenters. The van der Waals surface area contributed by atoms with Crippen LogP contribution in [0.4, 0.5) is 5.69 Å². The molecule has 1 aromatic rings. The molecule has 0 aromatic heterocycles. The standard InChI is InChI=1S/C12H18N2O3S/c1-10(6-8-13)18(17)9-7-11-2-4-12(5-3-11)14(15)16/h2-5,10H,6-9,13H2,1H3. The van der Waals surface area contributed by atoms with Crippen molar-refractivity contribution in [1.29, 1.82) is 0 Å². The first-order chi connectivity index (χ1) is 8.54. The zero-order valence-corrected chi connectivity index (χ0v) is 11.2. The molecule has 0 saturated carbocycles. The number of rotatable bonds is 7. The molecule has 0 saturated heterocycles. The minimum atomic E-state index is -0.893. The lowest BCUT2D eigenvalue weighted by atomic mass is 10.1. The third-order valence-electron chi connectivity index (χ3n) is 2.76. The van der Waals surface area contributed by atoms with E-state index >= 15 is 0 Å². The summed E-state index contributed by atoms with van der Waals surface area (Å²) >= 11 is 0. The number of nitrogens with two attached hydrogens (primary N) is 1. The van der Waals surface area contributed by atoms with Crippen molar-refractivity contribution in [1.82, 2.24) is 0 Å². The largest absolute Gasteiger partial charge is 0.330 e. The summed E-state index contributed by atoms with van der Waals surface area (Å²) < 4.78 is 11.8. The van der Waals surface area contributed by atoms with E-state index < -0.39 is 15.7 Å². The number of non-ortho nitro benzene ring substituents is 1. The highest BCUT2D eigenvalue weighted by Gasteiger charge is 2.10. The number of nitrogens with zero attached hydrogens (tertiary/aromatic N) is 1. The van der Waals surface area contributed by atoms with Crippen molar-refractivity contribution in [3.63, 3.8) is 0 Å². The van der Waals surface area contributed by atoms with Crippen molar-refractivity contribution in [3.8, 4) is 0 Å². The second-order valence-electron chi connectivity index (χ2n) is 4.15. The van der Waals surface area contributed by atoms with Crippen molar-refractivity contribution < 1.29 is 9.13 Å². The van der Waals surface area contributed by atoms with Crippen molar-refractivity contribution in [2.75, 3.05) is 12.3 Å². The highest BCUT2D eigenvalue weighted by atomic mass is 32.2. The van der Waals surface area contributed by atoms with Gasteiger partial charge in [-0.2, -0.15) is 0 Å². The van der Waals surface area contributed by atoms with Crippen LogP contribution < -0.4 is 5.73 Å². The molecule has 2 atom stereocenters. The average Bonchev–Trinajstić information content (AvgIpc) is 2.36. The highest BCUT2D eigenvalue weighted by Crippen LogP contribution is 2.13. The molecule has 0 fully saturated rings. The van der Waals surface area contributed by atoms with Gasteiger partial charge in [0.2, 0.25) is 0 Å². The number of hydrogen-bond donors (Lipinski definition) is 1. The Kier molecular flexibility index (Phi) is 5.94. The predicted octanol–water partition coefficient (Wildman–Crippen LogP) is 1.62. The van der Waals surface area contributed by atoms with Crippen LogP contribution in [0.25, 0.3) is 0 Å². The molecule has 0 radical (unpaired) electrons. The molecule has 0 aliphatic carbocycles. The van der Waals surface area contributed by atoms with Crippen molar-refractivity contribution in [2.24, 2.45) is 5.73 Å². The minimum Gasteiger partial charge on any atom is -0.330 e. The zero-order valence-electron chi connectivity index (χ0n) is 10.4. The van der Waals surface area contributed by atoms with Crippen LogP contribution in [0.5, 0.6) is 0 Å². The Labute approximate surface area is 109 Å². The topological polar surface area (TPSA) is 86.2 Å². The number of nitro groups is 1. The van der Waals surface area contributed by atoms with Crippen LogP contribution in [0.1, 0.15) is 18.9 Å². The van der Waals surface area contributed by atoms with Gasteiger partial charge in [-0.25, -0.2) is 0 Å². The molecule has 0 aliphatic rings. The first kappa shape index (κ1) is 14.8. The van der Waals surface area contributed by atoms with Gasteiger partial charge in [-0.1, -0.05) is 19.1 Å². The van der Waals surface area contributed by atoms with E-state index in [2.05, 4.69) is 0 Å². The summed E-state index contributed by atoms with van der Waals surface area (Å²) in [6, 6.07) is 6.37. The van der Waals surface area contributed by atoms with E-state index in [4.69, 9.17) is 5.73 Å². The number of hydrogen-bond acceptors (Lipinski definition) is 4. The van der Waals surface area contributed by atoms with Gasteiger partial charge in [0.15, 0.2) is 0 Å². The van der Waals surface area contributed by atoms with Gasteiger partial charge in [0, 0.05) is 33.9 Å². The van der Waals surface area contributed by atoms with Gasteiger partial charge in [-0.15, -0.1) is 0 Å². The smallest absolute Gasteiger partial charge is 0.269 e. The molecule has 18 heavy (non-hydrogen) atoms. The monoisotopic (exact) mass is 270 g/mol. The van der Waals surface area contributed by atoms with Gasteiger partial charge in [-0.3, -0.25) is 14.3 Å². The van der Waals surface area contributed by atoms with E-state index in [0.29, 0.717) is 18.7 Å². The van der Waals surface area contributed by atoms with Gasteiger partial charge in [0.25, 0.3) is 5.69 Å². The summed E-state index contributed by atoms with van der Waals surface area (Å²) in [5, 5.41) is 10.6. The van der Waals surface area contributed by atoms with Crippen LogP contribution in [-0.2, 0) is 17.2 Å². The Morgan fingerprint density at radius 1 is 1.39 bits per heavy atom. The van der Waals surface area contributed by atoms with E-state index in [1.165, 1.54) is 12.1 Å². The maximum absolute atomic E-state index is 11.8. The van der Waals surface area contributed by atoms with Crippen LogP contribution in [0, 0.1) is 10.1 Å². The Bertz CT molecular complexity index is 420. The zero-order chi connectivity index (χ0) is 13.5. The molecule has 0 heterocycles. The van der Waals surface area contributed by atoms with Crippen molar-refractivity contribution >= 4 is 16.5 Å². The van der Waals surface area contributed by atoms with Crippen LogP contribution in [0.2, 0.25) is 0 Å². The fourth-order valence-corrected chi connectivity index (χ4v) is 2.81. The maximum Gasteiger partial charge on any atom is 0.269 e. The lowest BCUT2D eigenvalue weighted by Crippen LogP contribution is -2.19. The molecule has 100 valence electrons. The van der Waals surface area contributed by atoms with Gasteiger partial charge in [0.1, 0.15) is 0 Å². The molecular weight excluding hydrogens is 252 g/mol. The summed E-state index contributed by atoms with van der Waals surface area (Å²) in [5.41, 5.74) is 6.47. The SMILES string of the molecule is CC(CCN)S(=O)CCc1ccc([N+](=O)[O-])cc1. The van der Waals surface area contributed by atoms with Crippen LogP contribution in [-0.4, -0.2) is 26.7 Å². The van der Waals surface area contributed by atoms with E-state index in [0.717, 1.165) is 12.0 Å². The molecule has 1 rings (SSSR count). The lowest BCUT2D eigenvalue weighted by molar-refractivity contribution is -0.384. The Hall–Kier alpha value is -1.27. The minimum absolute atomic E-state index is 0.0800. The molecule has 1 aromatic carbocycles. The van der Waals surface area contributed by atoms with E-state index in [1.807, 2.05) is 6.92 Å². The second kappa shape index (κ2) is 7.23. The quantitative estimate of drug-likeness (QED) is 0.602. The molecule has 0 aliphatic heterocycles. The first-order valence-corrected chi connectivity index (χ1v) is 7.23. The summed E-state index contributed by atoms with van der Waals surface area (Å²) in [6.07, 6.45) is 1.42. The second-order valence-corrected chi connectivity index (χ2v) is 6.12. The fourth-order valence-electron chi connectivity index (χ4n) is 1.57. The van der Waals surface area contributed by atoms with E-state index in [-0.39, 0.29) is 10.9 Å². The molecule has 0 spiro atoms. The Morgan fingerprint density at radius 3 is 2.50 bits per heavy atom. The molecular formula is C12H18N2O3S. The van der Waals surface area contributed by atoms with Crippen LogP contribution in [0.15, 0.2) is 24.3 Å². The maximum atomic E-state index is 11.8. The normalized spacial score (nSPS) is 14.1. The molecule has 0 bridgehead atoms. The van der Waals surface area contributed by atoms with E-state index in [1.54, 1.807) is 12.1 Å². The van der Waals surface area contributed by atoms with Crippen molar-refractivity contribution in [3.05, 3.63) is 39.9 Å². The van der Waals surface area contributed by atoms with Gasteiger partial charge in [-0.05, 0) is 24.9 Å². The van der Waals surface area contributed by atoms with Crippen LogP contribution >= 0.6 is 0 Å². The summed E-state index contributed by atoms with van der Waals surface area (Å²) in [6.45, 7) is 2.48. The average molecular weight is 270 g/mol. The summed E-state index contributed by atoms with van der Waals surface area (Å²) in [4.78, 5) is 10.1. The molecule has 2 N–H and O–H groups in total. The highest BCUT2D eigenvalue weighted by molar-refractivity contribution is 7.85. The third-order valence-corrected chi connectivity index (χ3v) is 4.50. The summed E-state index contributed by atoms with van der Waals surface area (Å²) in [5.74, 6) is 0.568. The van der Waals surface area contributed by atoms with Gasteiger partial charge < -0.3 is 5.73 Å². The van der Waals surface area contributed by atoms with Gasteiger partial charge >= 0.3 is 0 Å². The van der Waals surface area contributed by atoms with Gasteiger partial charge in [0.05, 0.1) is 4.92 Å². The molecule has 5 nitrogen and oxygen atoms in total. The third kappa shape index (κ3) is 4.54. The van der Waals surface area contributed by atoms with Crippen molar-refractivity contribution in [2.45, 2.75) is 25.0 Å². The predicted molar refractivity (Wildman–Crippen MR) is 72.9 cm³/mol. The Balaban J connectivity index is 2.48. The van der Waals surface area contributed by atoms with E-state index in [9.17, 15) is 14.3 Å².